The van der Waals surface area contributed by atoms with Crippen molar-refractivity contribution in [3.8, 4) is 0 Å². The van der Waals surface area contributed by atoms with E-state index < -0.39 is 0 Å². The Labute approximate surface area is 103 Å². The fourth-order valence-electron chi connectivity index (χ4n) is 2.02. The third-order valence-electron chi connectivity index (χ3n) is 2.82. The van der Waals surface area contributed by atoms with Crippen molar-refractivity contribution in [1.29, 1.82) is 0 Å². The first-order valence-electron chi connectivity index (χ1n) is 5.46. The van der Waals surface area contributed by atoms with E-state index in [4.69, 9.17) is 0 Å². The Hall–Kier alpha value is -1.24. The molecule has 2 aromatic carbocycles. The van der Waals surface area contributed by atoms with Gasteiger partial charge >= 0.3 is 103 Å². The fraction of sp³-hybridized carbons (Fsp3) is 0.0667. The zero-order chi connectivity index (χ0) is 10.8. The number of hydrogen-bond acceptors (Lipinski definition) is 0. The van der Waals surface area contributed by atoms with E-state index in [0.29, 0.717) is 4.63 Å². The number of allylic oxidation sites excluding steroid dienone is 1. The molecule has 3 rings (SSSR count). The van der Waals surface area contributed by atoms with Crippen LogP contribution in [0.4, 0.5) is 0 Å². The Bertz CT molecular complexity index is 514. The summed E-state index contributed by atoms with van der Waals surface area (Å²) in [5.74, 6) is 0. The molecule has 2 aromatic rings. The molecular formula is C15H12V. The van der Waals surface area contributed by atoms with Gasteiger partial charge in [-0.2, -0.15) is 0 Å². The minimum absolute atomic E-state index is 0.204. The average Bonchev–Trinajstić information content (AvgIpc) is 2.74. The van der Waals surface area contributed by atoms with Gasteiger partial charge in [-0.25, -0.2) is 0 Å². The number of hydrogen-bond donors (Lipinski definition) is 0. The molecule has 0 nitrogen and oxygen atoms in total. The molecule has 0 fully saturated rings. The van der Waals surface area contributed by atoms with Crippen LogP contribution in [0.1, 0.15) is 15.8 Å². The molecule has 0 spiro atoms. The van der Waals surface area contributed by atoms with Crippen LogP contribution in [0, 0.1) is 0 Å². The van der Waals surface area contributed by atoms with Gasteiger partial charge in [0.05, 0.1) is 0 Å². The van der Waals surface area contributed by atoms with Crippen molar-refractivity contribution in [3.63, 3.8) is 0 Å². The number of benzene rings is 2. The maximum absolute atomic E-state index is 2.36. The van der Waals surface area contributed by atoms with E-state index >= 15 is 0 Å². The molecule has 0 heterocycles. The summed E-state index contributed by atoms with van der Waals surface area (Å²) >= 11 is 0.204. The summed E-state index contributed by atoms with van der Waals surface area (Å²) in [5, 5.41) is 0. The van der Waals surface area contributed by atoms with Gasteiger partial charge in [0.25, 0.3) is 0 Å². The van der Waals surface area contributed by atoms with Crippen LogP contribution in [0.25, 0.3) is 6.08 Å². The third kappa shape index (κ3) is 1.87. The molecule has 0 saturated heterocycles. The topological polar surface area (TPSA) is 0 Å². The summed E-state index contributed by atoms with van der Waals surface area (Å²) in [7, 11) is 0. The van der Waals surface area contributed by atoms with E-state index in [-0.39, 0.29) is 16.3 Å². The molecule has 0 aliphatic heterocycles. The summed E-state index contributed by atoms with van der Waals surface area (Å²) in [6, 6.07) is 19.6. The summed E-state index contributed by atoms with van der Waals surface area (Å²) in [4.78, 5) is 0. The van der Waals surface area contributed by atoms with E-state index in [9.17, 15) is 0 Å². The van der Waals surface area contributed by atoms with Crippen LogP contribution in [-0.2, 0) is 16.3 Å². The van der Waals surface area contributed by atoms with Crippen LogP contribution in [0.15, 0.2) is 60.7 Å². The first-order chi connectivity index (χ1) is 7.93. The first kappa shape index (κ1) is 9.95. The fourth-order valence-corrected chi connectivity index (χ4v) is 3.91. The Morgan fingerprint density at radius 3 is 2.44 bits per heavy atom. The Kier molecular flexibility index (Phi) is 2.69. The van der Waals surface area contributed by atoms with Gasteiger partial charge < -0.3 is 0 Å². The monoisotopic (exact) mass is 243 g/mol. The van der Waals surface area contributed by atoms with Crippen LogP contribution in [-0.4, -0.2) is 0 Å². The van der Waals surface area contributed by atoms with Crippen LogP contribution in [0.2, 0.25) is 0 Å². The second-order valence-electron chi connectivity index (χ2n) is 3.90. The predicted molar refractivity (Wildman–Crippen MR) is 64.3 cm³/mol. The minimum atomic E-state index is 0.204. The van der Waals surface area contributed by atoms with Gasteiger partial charge in [-0.3, -0.25) is 0 Å². The molecule has 0 amide bonds. The molecule has 1 aliphatic rings. The molecular weight excluding hydrogens is 231 g/mol. The Morgan fingerprint density at radius 1 is 0.812 bits per heavy atom. The quantitative estimate of drug-likeness (QED) is 0.760. The molecule has 16 heavy (non-hydrogen) atoms. The van der Waals surface area contributed by atoms with Crippen molar-refractivity contribution < 1.29 is 16.3 Å². The second-order valence-corrected chi connectivity index (χ2v) is 5.98. The summed E-state index contributed by atoms with van der Waals surface area (Å²) in [6.07, 6.45) is 4.62. The van der Waals surface area contributed by atoms with Gasteiger partial charge in [-0.15, -0.1) is 0 Å². The summed E-state index contributed by atoms with van der Waals surface area (Å²) < 4.78 is 2.15. The van der Waals surface area contributed by atoms with E-state index in [1.165, 1.54) is 15.4 Å². The van der Waals surface area contributed by atoms with Crippen molar-refractivity contribution in [2.45, 2.75) is 4.63 Å². The molecule has 0 N–H and O–H groups in total. The Balaban J connectivity index is 1.87. The summed E-state index contributed by atoms with van der Waals surface area (Å²) in [6.45, 7) is 0. The van der Waals surface area contributed by atoms with Crippen molar-refractivity contribution >= 4 is 10.4 Å². The molecule has 0 bridgehead atoms. The normalized spacial score (nSPS) is 17.1. The third-order valence-corrected chi connectivity index (χ3v) is 4.89. The zero-order valence-corrected chi connectivity index (χ0v) is 10.3. The molecule has 0 saturated carbocycles. The van der Waals surface area contributed by atoms with E-state index in [2.05, 4.69) is 66.7 Å². The van der Waals surface area contributed by atoms with Crippen molar-refractivity contribution in [3.05, 3.63) is 71.8 Å². The molecule has 1 atom stereocenters. The SMILES string of the molecule is C1=C[CH]([V][c]2ccccc2)c2ccccc21. The van der Waals surface area contributed by atoms with E-state index in [1.807, 2.05) is 0 Å². The van der Waals surface area contributed by atoms with Crippen molar-refractivity contribution in [1.82, 2.24) is 0 Å². The summed E-state index contributed by atoms with van der Waals surface area (Å²) in [5.41, 5.74) is 2.91. The van der Waals surface area contributed by atoms with Crippen LogP contribution in [0.3, 0.4) is 0 Å². The van der Waals surface area contributed by atoms with Gasteiger partial charge in [-0.05, 0) is 0 Å². The zero-order valence-electron chi connectivity index (χ0n) is 8.88. The average molecular weight is 243 g/mol. The number of rotatable bonds is 2. The van der Waals surface area contributed by atoms with Crippen LogP contribution < -0.4 is 4.28 Å². The number of fused-ring (bicyclic) bond motifs is 1. The molecule has 1 aliphatic carbocycles. The molecule has 1 heteroatoms. The van der Waals surface area contributed by atoms with E-state index in [0.717, 1.165) is 0 Å². The standard InChI is InChI=1S/C9H7.C6H5.V/c1-2-5-9-7-3-6-8(9)4-1;1-2-4-6-5-3-1;/h1-7H;1-5H;. The van der Waals surface area contributed by atoms with Crippen molar-refractivity contribution in [2.75, 3.05) is 0 Å². The molecule has 1 unspecified atom stereocenters. The van der Waals surface area contributed by atoms with Gasteiger partial charge in [0.2, 0.25) is 0 Å². The second kappa shape index (κ2) is 4.33. The van der Waals surface area contributed by atoms with Crippen LogP contribution >= 0.6 is 0 Å². The molecule has 0 aromatic heterocycles. The van der Waals surface area contributed by atoms with Crippen LogP contribution in [0.5, 0.6) is 0 Å². The van der Waals surface area contributed by atoms with Gasteiger partial charge in [0, 0.05) is 0 Å². The van der Waals surface area contributed by atoms with Crippen molar-refractivity contribution in [2.24, 2.45) is 0 Å². The van der Waals surface area contributed by atoms with Gasteiger partial charge in [0.15, 0.2) is 0 Å². The van der Waals surface area contributed by atoms with E-state index in [1.54, 1.807) is 0 Å². The Morgan fingerprint density at radius 2 is 1.56 bits per heavy atom. The van der Waals surface area contributed by atoms with Gasteiger partial charge in [0.1, 0.15) is 0 Å². The van der Waals surface area contributed by atoms with Gasteiger partial charge in [-0.1, -0.05) is 0 Å². The molecule has 0 radical (unpaired) electrons. The molecule has 77 valence electrons. The maximum atomic E-state index is 2.36. The predicted octanol–water partition coefficient (Wildman–Crippen LogP) is 3.16. The first-order valence-corrected chi connectivity index (χ1v) is 6.97.